The molecule has 2 N–H and O–H groups in total. The number of rotatable bonds is 0. The Morgan fingerprint density at radius 2 is 2.00 bits per heavy atom. The van der Waals surface area contributed by atoms with Gasteiger partial charge in [0.05, 0.1) is 0 Å². The molecule has 0 aliphatic carbocycles. The Morgan fingerprint density at radius 3 is 2.00 bits per heavy atom. The molecule has 0 rings (SSSR count). The second-order valence-electron chi connectivity index (χ2n) is 0.466. The topological polar surface area (TPSA) is 26.0 Å². The fraction of sp³-hybridized carbons (Fsp3) is 0. The molecule has 3 heteroatoms. The average molecular weight is 125 g/mol. The van der Waals surface area contributed by atoms with Gasteiger partial charge >= 0.3 is 39.8 Å². The van der Waals surface area contributed by atoms with Crippen LogP contribution in [0.25, 0.3) is 0 Å². The third kappa shape index (κ3) is 21.8. The van der Waals surface area contributed by atoms with Gasteiger partial charge in [0.25, 0.3) is 0 Å². The summed E-state index contributed by atoms with van der Waals surface area (Å²) in [7, 11) is 0. The van der Waals surface area contributed by atoms with E-state index in [1.54, 1.807) is 0 Å². The summed E-state index contributed by atoms with van der Waals surface area (Å²) < 4.78 is 0.625. The second kappa shape index (κ2) is 1.80. The summed E-state index contributed by atoms with van der Waals surface area (Å²) in [5.41, 5.74) is 4.90. The van der Waals surface area contributed by atoms with E-state index in [0.717, 1.165) is 18.3 Å². The second-order valence-corrected chi connectivity index (χ2v) is 3.66. The van der Waals surface area contributed by atoms with Gasteiger partial charge in [-0.2, -0.15) is 0 Å². The van der Waals surface area contributed by atoms with Crippen LogP contribution in [0, 0.1) is 0 Å². The molecular formula is CH2NSZn. The van der Waals surface area contributed by atoms with Gasteiger partial charge in [0.15, 0.2) is 0 Å². The molecule has 0 unspecified atom stereocenters. The first-order chi connectivity index (χ1) is 1.73. The van der Waals surface area contributed by atoms with Gasteiger partial charge in [-0.3, -0.25) is 0 Å². The number of hydrogen-bond donors (Lipinski definition) is 1. The van der Waals surface area contributed by atoms with Crippen LogP contribution in [0.4, 0.5) is 0 Å². The summed E-state index contributed by atoms with van der Waals surface area (Å²) in [5.74, 6) is 0. The zero-order valence-corrected chi connectivity index (χ0v) is 5.98. The van der Waals surface area contributed by atoms with Crippen LogP contribution in [0.5, 0.6) is 0 Å². The molecule has 0 atom stereocenters. The quantitative estimate of drug-likeness (QED) is 0.358. The molecular weight excluding hydrogens is 123 g/mol. The minimum atomic E-state index is 0.625. The van der Waals surface area contributed by atoms with Crippen molar-refractivity contribution in [3.63, 3.8) is 0 Å². The van der Waals surface area contributed by atoms with Gasteiger partial charge in [-0.15, -0.1) is 0 Å². The molecule has 0 radical (unpaired) electrons. The van der Waals surface area contributed by atoms with Crippen LogP contribution in [0.2, 0.25) is 0 Å². The fourth-order valence-corrected chi connectivity index (χ4v) is 0. The average Bonchev–Trinajstić information content (AvgIpc) is 0.811. The van der Waals surface area contributed by atoms with E-state index >= 15 is 0 Å². The van der Waals surface area contributed by atoms with Crippen LogP contribution in [0.3, 0.4) is 0 Å². The number of nitrogens with two attached hydrogens (primary N) is 1. The standard InChI is InChI=1S/CH2NS.Zn/c2-1-3;/h(H2,2,3);. The SMILES string of the molecule is N[C](=S)[Zn]. The molecule has 0 aromatic rings. The van der Waals surface area contributed by atoms with Crippen molar-refractivity contribution in [3.05, 3.63) is 0 Å². The van der Waals surface area contributed by atoms with Crippen LogP contribution in [-0.4, -0.2) is 3.58 Å². The first-order valence-corrected chi connectivity index (χ1v) is 2.74. The molecule has 0 saturated heterocycles. The molecule has 0 amide bonds. The molecule has 19 valence electrons. The van der Waals surface area contributed by atoms with Crippen LogP contribution in [0.15, 0.2) is 0 Å². The van der Waals surface area contributed by atoms with Gasteiger partial charge in [-0.25, -0.2) is 0 Å². The van der Waals surface area contributed by atoms with Crippen molar-refractivity contribution < 1.29 is 18.3 Å². The predicted octanol–water partition coefficient (Wildman–Crippen LogP) is -0.223. The van der Waals surface area contributed by atoms with Crippen LogP contribution >= 0.6 is 12.2 Å². The van der Waals surface area contributed by atoms with E-state index in [4.69, 9.17) is 5.73 Å². The molecule has 0 aliphatic rings. The van der Waals surface area contributed by atoms with Gasteiger partial charge in [0, 0.05) is 0 Å². The Kier molecular flexibility index (Phi) is 2.03. The molecule has 0 saturated carbocycles. The Balaban J connectivity index is 2.80. The first-order valence-electron chi connectivity index (χ1n) is 0.846. The summed E-state index contributed by atoms with van der Waals surface area (Å²) in [6.45, 7) is 0. The molecule has 0 bridgehead atoms. The van der Waals surface area contributed by atoms with Crippen molar-refractivity contribution in [3.8, 4) is 0 Å². The van der Waals surface area contributed by atoms with Crippen molar-refractivity contribution in [1.82, 2.24) is 0 Å². The zero-order valence-electron chi connectivity index (χ0n) is 2.19. The Hall–Kier alpha value is 0.513. The van der Waals surface area contributed by atoms with Crippen molar-refractivity contribution in [1.29, 1.82) is 0 Å². The van der Waals surface area contributed by atoms with Crippen LogP contribution < -0.4 is 5.73 Å². The van der Waals surface area contributed by atoms with Crippen LogP contribution in [-0.2, 0) is 18.3 Å². The minimum absolute atomic E-state index is 0.625. The Bertz CT molecular complexity index is 31.0. The molecule has 0 aliphatic heterocycles. The van der Waals surface area contributed by atoms with E-state index in [1.807, 2.05) is 0 Å². The molecule has 0 heterocycles. The maximum atomic E-state index is 4.90. The number of thiocarbonyl (C=S) groups is 1. The van der Waals surface area contributed by atoms with Gasteiger partial charge in [0.1, 0.15) is 0 Å². The van der Waals surface area contributed by atoms with Crippen molar-refractivity contribution in [2.45, 2.75) is 0 Å². The van der Waals surface area contributed by atoms with Crippen molar-refractivity contribution in [2.24, 2.45) is 5.73 Å². The summed E-state index contributed by atoms with van der Waals surface area (Å²) >= 11 is 5.31. The predicted molar refractivity (Wildman–Crippen MR) is 16.8 cm³/mol. The molecule has 4 heavy (non-hydrogen) atoms. The maximum absolute atomic E-state index is 4.90. The summed E-state index contributed by atoms with van der Waals surface area (Å²) in [6, 6.07) is 0. The van der Waals surface area contributed by atoms with Gasteiger partial charge in [-0.05, 0) is 0 Å². The zero-order chi connectivity index (χ0) is 3.58. The van der Waals surface area contributed by atoms with E-state index in [2.05, 4.69) is 12.2 Å². The van der Waals surface area contributed by atoms with Gasteiger partial charge < -0.3 is 0 Å². The summed E-state index contributed by atoms with van der Waals surface area (Å²) in [4.78, 5) is 0. The number of hydrogen-bond acceptors (Lipinski definition) is 1. The van der Waals surface area contributed by atoms with Gasteiger partial charge in [0.2, 0.25) is 0 Å². The van der Waals surface area contributed by atoms with Crippen molar-refractivity contribution >= 4 is 15.8 Å². The fourth-order valence-electron chi connectivity index (χ4n) is 0. The van der Waals surface area contributed by atoms with E-state index in [0.29, 0.717) is 3.58 Å². The Labute approximate surface area is 40.2 Å². The Morgan fingerprint density at radius 1 is 2.00 bits per heavy atom. The normalized spacial score (nSPS) is 6.50. The van der Waals surface area contributed by atoms with Crippen molar-refractivity contribution in [2.75, 3.05) is 0 Å². The molecule has 0 aromatic heterocycles. The van der Waals surface area contributed by atoms with E-state index < -0.39 is 0 Å². The molecule has 0 aromatic carbocycles. The van der Waals surface area contributed by atoms with E-state index in [9.17, 15) is 0 Å². The summed E-state index contributed by atoms with van der Waals surface area (Å²) in [5, 5.41) is 0. The molecule has 0 spiro atoms. The first kappa shape index (κ1) is 4.51. The summed E-state index contributed by atoms with van der Waals surface area (Å²) in [6.07, 6.45) is 0. The molecule has 1 nitrogen and oxygen atoms in total. The third-order valence-electron chi connectivity index (χ3n) is 0. The van der Waals surface area contributed by atoms with Crippen LogP contribution in [0.1, 0.15) is 0 Å². The third-order valence-corrected chi connectivity index (χ3v) is 0. The van der Waals surface area contributed by atoms with Gasteiger partial charge in [-0.1, -0.05) is 0 Å². The van der Waals surface area contributed by atoms with E-state index in [1.165, 1.54) is 0 Å². The monoisotopic (exact) mass is 124 g/mol. The molecule has 0 fully saturated rings. The van der Waals surface area contributed by atoms with E-state index in [-0.39, 0.29) is 0 Å².